The van der Waals surface area contributed by atoms with Crippen LogP contribution < -0.4 is 5.32 Å². The molecule has 19 heavy (non-hydrogen) atoms. The molecule has 1 aliphatic rings. The van der Waals surface area contributed by atoms with Gasteiger partial charge in [0.2, 0.25) is 0 Å². The van der Waals surface area contributed by atoms with Gasteiger partial charge in [-0.15, -0.1) is 0 Å². The van der Waals surface area contributed by atoms with Crippen LogP contribution in [0.5, 0.6) is 0 Å². The van der Waals surface area contributed by atoms with E-state index in [2.05, 4.69) is 69.0 Å². The molecule has 0 saturated heterocycles. The Balaban J connectivity index is 2.27. The van der Waals surface area contributed by atoms with Gasteiger partial charge in [-0.05, 0) is 41.7 Å². The van der Waals surface area contributed by atoms with Crippen LogP contribution in [0.3, 0.4) is 0 Å². The maximum absolute atomic E-state index is 3.78. The van der Waals surface area contributed by atoms with Crippen LogP contribution in [0.2, 0.25) is 0 Å². The molecule has 0 saturated carbocycles. The van der Waals surface area contributed by atoms with Gasteiger partial charge >= 0.3 is 0 Å². The Kier molecular flexibility index (Phi) is 5.35. The topological polar surface area (TPSA) is 12.0 Å². The predicted molar refractivity (Wildman–Crippen MR) is 87.0 cm³/mol. The molecule has 0 heterocycles. The highest BCUT2D eigenvalue weighted by Crippen LogP contribution is 2.43. The van der Waals surface area contributed by atoms with Gasteiger partial charge in [-0.1, -0.05) is 52.0 Å². The van der Waals surface area contributed by atoms with Gasteiger partial charge in [0.15, 0.2) is 0 Å². The number of rotatable bonds is 5. The van der Waals surface area contributed by atoms with Crippen LogP contribution in [0.1, 0.15) is 63.6 Å². The molecular formula is C17H27NS. The third-order valence-electron chi connectivity index (χ3n) is 3.88. The molecule has 3 unspecified atom stereocenters. The molecule has 0 aliphatic heterocycles. The summed E-state index contributed by atoms with van der Waals surface area (Å²) in [6.45, 7) is 10.4. The molecule has 0 spiro atoms. The second-order valence-electron chi connectivity index (χ2n) is 5.92. The highest BCUT2D eigenvalue weighted by atomic mass is 32.2. The number of nitrogens with one attached hydrogen (secondary N) is 1. The van der Waals surface area contributed by atoms with E-state index in [4.69, 9.17) is 0 Å². The van der Waals surface area contributed by atoms with Crippen molar-refractivity contribution in [1.82, 2.24) is 5.32 Å². The number of hydrogen-bond acceptors (Lipinski definition) is 2. The van der Waals surface area contributed by atoms with Gasteiger partial charge in [-0.3, -0.25) is 0 Å². The molecule has 0 radical (unpaired) electrons. The maximum atomic E-state index is 3.78. The Bertz CT molecular complexity index is 402. The molecule has 2 rings (SSSR count). The summed E-state index contributed by atoms with van der Waals surface area (Å²) in [5, 5.41) is 5.19. The molecule has 1 nitrogen and oxygen atoms in total. The van der Waals surface area contributed by atoms with Crippen molar-refractivity contribution < 1.29 is 0 Å². The summed E-state index contributed by atoms with van der Waals surface area (Å²) >= 11 is 2.14. The van der Waals surface area contributed by atoms with Crippen molar-refractivity contribution in [3.63, 3.8) is 0 Å². The number of fused-ring (bicyclic) bond motifs is 1. The Morgan fingerprint density at radius 2 is 1.95 bits per heavy atom. The lowest BCUT2D eigenvalue weighted by molar-refractivity contribution is 0.444. The van der Waals surface area contributed by atoms with Crippen molar-refractivity contribution in [3.05, 3.63) is 35.4 Å². The van der Waals surface area contributed by atoms with E-state index in [1.54, 1.807) is 5.56 Å². The van der Waals surface area contributed by atoms with Gasteiger partial charge in [-0.25, -0.2) is 0 Å². The Morgan fingerprint density at radius 1 is 1.26 bits per heavy atom. The molecule has 0 fully saturated rings. The SMILES string of the molecule is CCCNC1c2ccccc2C(C)CC1SC(C)C. The Morgan fingerprint density at radius 3 is 2.58 bits per heavy atom. The van der Waals surface area contributed by atoms with Crippen molar-refractivity contribution in [2.75, 3.05) is 6.54 Å². The first-order valence-electron chi connectivity index (χ1n) is 7.61. The van der Waals surface area contributed by atoms with Gasteiger partial charge in [0, 0.05) is 11.3 Å². The Hall–Kier alpha value is -0.470. The van der Waals surface area contributed by atoms with Gasteiger partial charge in [0.1, 0.15) is 0 Å². The van der Waals surface area contributed by atoms with Crippen molar-refractivity contribution in [3.8, 4) is 0 Å². The van der Waals surface area contributed by atoms with E-state index >= 15 is 0 Å². The molecule has 1 aromatic rings. The highest BCUT2D eigenvalue weighted by Gasteiger charge is 2.33. The first-order chi connectivity index (χ1) is 9.13. The van der Waals surface area contributed by atoms with Gasteiger partial charge in [-0.2, -0.15) is 11.8 Å². The zero-order valence-corrected chi connectivity index (χ0v) is 13.5. The van der Waals surface area contributed by atoms with Crippen LogP contribution in [0, 0.1) is 0 Å². The quantitative estimate of drug-likeness (QED) is 0.834. The number of benzene rings is 1. The minimum absolute atomic E-state index is 0.528. The first kappa shape index (κ1) is 14.9. The summed E-state index contributed by atoms with van der Waals surface area (Å²) in [6.07, 6.45) is 2.49. The van der Waals surface area contributed by atoms with Gasteiger partial charge in [0.25, 0.3) is 0 Å². The van der Waals surface area contributed by atoms with Crippen molar-refractivity contribution in [2.45, 2.75) is 63.0 Å². The molecule has 1 aromatic carbocycles. The summed E-state index contributed by atoms with van der Waals surface area (Å²) in [5.74, 6) is 0.687. The van der Waals surface area contributed by atoms with Crippen LogP contribution in [0.25, 0.3) is 0 Å². The van der Waals surface area contributed by atoms with Crippen LogP contribution in [-0.2, 0) is 0 Å². The van der Waals surface area contributed by atoms with Crippen molar-refractivity contribution in [1.29, 1.82) is 0 Å². The average molecular weight is 277 g/mol. The lowest BCUT2D eigenvalue weighted by Gasteiger charge is -2.38. The Labute approximate surface area is 122 Å². The third-order valence-corrected chi connectivity index (χ3v) is 5.24. The average Bonchev–Trinajstić information content (AvgIpc) is 2.38. The van der Waals surface area contributed by atoms with E-state index in [1.807, 2.05) is 0 Å². The lowest BCUT2D eigenvalue weighted by atomic mass is 9.80. The number of hydrogen-bond donors (Lipinski definition) is 1. The van der Waals surface area contributed by atoms with Gasteiger partial charge in [0.05, 0.1) is 0 Å². The predicted octanol–water partition coefficient (Wildman–Crippen LogP) is 4.74. The maximum Gasteiger partial charge on any atom is 0.0443 e. The fourth-order valence-corrected chi connectivity index (χ4v) is 4.58. The molecule has 106 valence electrons. The molecule has 0 amide bonds. The van der Waals surface area contributed by atoms with E-state index < -0.39 is 0 Å². The van der Waals surface area contributed by atoms with E-state index in [0.29, 0.717) is 22.5 Å². The number of thioether (sulfide) groups is 1. The fraction of sp³-hybridized carbons (Fsp3) is 0.647. The third kappa shape index (κ3) is 3.55. The van der Waals surface area contributed by atoms with Gasteiger partial charge < -0.3 is 5.32 Å². The van der Waals surface area contributed by atoms with Crippen molar-refractivity contribution in [2.24, 2.45) is 0 Å². The molecule has 1 N–H and O–H groups in total. The van der Waals surface area contributed by atoms with Crippen LogP contribution in [0.4, 0.5) is 0 Å². The normalized spacial score (nSPS) is 26.5. The summed E-state index contributed by atoms with van der Waals surface area (Å²) < 4.78 is 0. The summed E-state index contributed by atoms with van der Waals surface area (Å²) in [5.41, 5.74) is 3.09. The smallest absolute Gasteiger partial charge is 0.0443 e. The van der Waals surface area contributed by atoms with Crippen LogP contribution in [-0.4, -0.2) is 17.0 Å². The van der Waals surface area contributed by atoms with E-state index in [9.17, 15) is 0 Å². The second-order valence-corrected chi connectivity index (χ2v) is 7.74. The lowest BCUT2D eigenvalue weighted by Crippen LogP contribution is -2.36. The fourth-order valence-electron chi connectivity index (χ4n) is 3.08. The highest BCUT2D eigenvalue weighted by molar-refractivity contribution is 8.00. The summed E-state index contributed by atoms with van der Waals surface area (Å²) in [6, 6.07) is 9.54. The monoisotopic (exact) mass is 277 g/mol. The minimum atomic E-state index is 0.528. The van der Waals surface area contributed by atoms with E-state index in [0.717, 1.165) is 6.54 Å². The van der Waals surface area contributed by atoms with Crippen molar-refractivity contribution >= 4 is 11.8 Å². The zero-order valence-electron chi connectivity index (χ0n) is 12.6. The molecule has 1 aliphatic carbocycles. The molecule has 0 bridgehead atoms. The summed E-state index contributed by atoms with van der Waals surface area (Å²) in [7, 11) is 0. The summed E-state index contributed by atoms with van der Waals surface area (Å²) in [4.78, 5) is 0. The molecule has 0 aromatic heterocycles. The zero-order chi connectivity index (χ0) is 13.8. The molecule has 3 atom stereocenters. The standard InChI is InChI=1S/C17H27NS/c1-5-10-18-17-15-9-7-6-8-14(15)13(4)11-16(17)19-12(2)3/h6-9,12-13,16-18H,5,10-11H2,1-4H3. The molecular weight excluding hydrogens is 250 g/mol. The van der Waals surface area contributed by atoms with Crippen LogP contribution in [0.15, 0.2) is 24.3 Å². The van der Waals surface area contributed by atoms with Crippen LogP contribution >= 0.6 is 11.8 Å². The minimum Gasteiger partial charge on any atom is -0.309 e. The van der Waals surface area contributed by atoms with E-state index in [-0.39, 0.29) is 0 Å². The second kappa shape index (κ2) is 6.81. The largest absolute Gasteiger partial charge is 0.309 e. The van der Waals surface area contributed by atoms with E-state index in [1.165, 1.54) is 18.4 Å². The first-order valence-corrected chi connectivity index (χ1v) is 8.55. The molecule has 2 heteroatoms.